The molecule has 1 N–H and O–H groups in total. The first-order valence-electron chi connectivity index (χ1n) is 6.32. The van der Waals surface area contributed by atoms with Crippen LogP contribution in [-0.4, -0.2) is 24.0 Å². The van der Waals surface area contributed by atoms with Crippen LogP contribution >= 0.6 is 22.7 Å². The second-order valence-corrected chi connectivity index (χ2v) is 6.03. The number of methoxy groups -OCH3 is 1. The van der Waals surface area contributed by atoms with Crippen molar-refractivity contribution in [2.75, 3.05) is 12.4 Å². The average Bonchev–Trinajstić information content (AvgIpc) is 3.11. The first-order valence-corrected chi connectivity index (χ1v) is 8.08. The zero-order chi connectivity index (χ0) is 15.9. The predicted octanol–water partition coefficient (Wildman–Crippen LogP) is 3.52. The van der Waals surface area contributed by atoms with Crippen molar-refractivity contribution >= 4 is 57.9 Å². The molecule has 0 radical (unpaired) electrons. The minimum absolute atomic E-state index is 0.134. The number of hydrogen-bond donors (Lipinski definition) is 1. The van der Waals surface area contributed by atoms with Crippen LogP contribution < -0.4 is 5.32 Å². The van der Waals surface area contributed by atoms with Crippen LogP contribution in [-0.2, 0) is 14.3 Å². The number of hydrogen-bond acceptors (Lipinski definition) is 6. The highest BCUT2D eigenvalue weighted by Gasteiger charge is 2.01. The molecule has 5 nitrogen and oxygen atoms in total. The Kier molecular flexibility index (Phi) is 5.62. The van der Waals surface area contributed by atoms with Crippen molar-refractivity contribution in [3.63, 3.8) is 0 Å². The number of carbonyl (C=O) groups is 2. The highest BCUT2D eigenvalue weighted by molar-refractivity contribution is 7.14. The lowest BCUT2D eigenvalue weighted by molar-refractivity contribution is -0.134. The predicted molar refractivity (Wildman–Crippen MR) is 90.7 cm³/mol. The number of thiophene rings is 1. The van der Waals surface area contributed by atoms with Crippen molar-refractivity contribution in [3.05, 3.63) is 39.0 Å². The van der Waals surface area contributed by atoms with E-state index in [-0.39, 0.29) is 11.9 Å². The van der Waals surface area contributed by atoms with E-state index in [1.807, 2.05) is 29.0 Å². The summed E-state index contributed by atoms with van der Waals surface area (Å²) in [5, 5.41) is 7.07. The van der Waals surface area contributed by atoms with Crippen LogP contribution in [0.1, 0.15) is 23.1 Å². The number of thiazole rings is 1. The number of amides is 1. The van der Waals surface area contributed by atoms with Crippen LogP contribution in [0.5, 0.6) is 0 Å². The molecule has 114 valence electrons. The maximum Gasteiger partial charge on any atom is 0.330 e. The lowest BCUT2D eigenvalue weighted by atomic mass is 10.2. The molecule has 0 aromatic carbocycles. The topological polar surface area (TPSA) is 68.3 Å². The second kappa shape index (κ2) is 7.67. The van der Waals surface area contributed by atoms with E-state index in [2.05, 4.69) is 15.0 Å². The van der Waals surface area contributed by atoms with Gasteiger partial charge < -0.3 is 10.1 Å². The van der Waals surface area contributed by atoms with E-state index in [1.54, 1.807) is 6.08 Å². The normalized spacial score (nSPS) is 11.2. The Morgan fingerprint density at radius 2 is 2.05 bits per heavy atom. The lowest BCUT2D eigenvalue weighted by Crippen LogP contribution is -2.04. The van der Waals surface area contributed by atoms with Gasteiger partial charge in [-0.05, 0) is 29.2 Å². The van der Waals surface area contributed by atoms with Gasteiger partial charge in [-0.15, -0.1) is 22.7 Å². The van der Waals surface area contributed by atoms with E-state index in [1.165, 1.54) is 42.8 Å². The van der Waals surface area contributed by atoms with Gasteiger partial charge in [-0.25, -0.2) is 9.78 Å². The minimum atomic E-state index is -0.376. The first kappa shape index (κ1) is 16.1. The average molecular weight is 334 g/mol. The third-order valence-corrected chi connectivity index (χ3v) is 4.17. The monoisotopic (exact) mass is 334 g/mol. The Morgan fingerprint density at radius 1 is 1.23 bits per heavy atom. The molecule has 2 rings (SSSR count). The molecule has 0 saturated carbocycles. The van der Waals surface area contributed by atoms with Crippen molar-refractivity contribution in [3.8, 4) is 0 Å². The van der Waals surface area contributed by atoms with Crippen LogP contribution in [0.4, 0.5) is 5.13 Å². The van der Waals surface area contributed by atoms with Crippen LogP contribution in [0.25, 0.3) is 18.2 Å². The van der Waals surface area contributed by atoms with Crippen molar-refractivity contribution < 1.29 is 14.3 Å². The number of anilines is 1. The summed E-state index contributed by atoms with van der Waals surface area (Å²) < 4.78 is 4.54. The van der Waals surface area contributed by atoms with Crippen LogP contribution in [0, 0.1) is 0 Å². The van der Waals surface area contributed by atoms with Gasteiger partial charge in [-0.2, -0.15) is 0 Å². The van der Waals surface area contributed by atoms with Gasteiger partial charge in [0.25, 0.3) is 0 Å². The molecule has 22 heavy (non-hydrogen) atoms. The lowest BCUT2D eigenvalue weighted by Gasteiger charge is -1.92. The molecule has 7 heteroatoms. The third-order valence-electron chi connectivity index (χ3n) is 2.48. The van der Waals surface area contributed by atoms with E-state index < -0.39 is 0 Å². The fourth-order valence-corrected chi connectivity index (χ4v) is 3.01. The van der Waals surface area contributed by atoms with Gasteiger partial charge in [-0.1, -0.05) is 6.08 Å². The number of nitrogens with zero attached hydrogens (tertiary/aromatic N) is 1. The molecule has 0 bridgehead atoms. The van der Waals surface area contributed by atoms with Gasteiger partial charge >= 0.3 is 5.97 Å². The SMILES string of the molecule is COC(=O)C=Cc1cc(C=Cc2csc(NC(C)=O)n2)cs1. The Balaban J connectivity index is 2.00. The molecule has 0 saturated heterocycles. The molecule has 0 atom stereocenters. The summed E-state index contributed by atoms with van der Waals surface area (Å²) in [6.07, 6.45) is 6.90. The summed E-state index contributed by atoms with van der Waals surface area (Å²) in [5.41, 5.74) is 1.80. The van der Waals surface area contributed by atoms with E-state index in [0.717, 1.165) is 16.1 Å². The number of ether oxygens (including phenoxy) is 1. The fraction of sp³-hybridized carbons (Fsp3) is 0.133. The third kappa shape index (κ3) is 4.94. The summed E-state index contributed by atoms with van der Waals surface area (Å²) in [4.78, 5) is 27.2. The number of rotatable bonds is 5. The Labute approximate surface area is 136 Å². The number of carbonyl (C=O) groups excluding carboxylic acids is 2. The molecule has 0 spiro atoms. The zero-order valence-corrected chi connectivity index (χ0v) is 13.7. The maximum absolute atomic E-state index is 11.0. The fourth-order valence-electron chi connectivity index (χ4n) is 1.51. The number of aromatic nitrogens is 1. The summed E-state index contributed by atoms with van der Waals surface area (Å²) in [6, 6.07) is 1.96. The Bertz CT molecular complexity index is 729. The molecule has 0 unspecified atom stereocenters. The molecule has 0 aliphatic rings. The van der Waals surface area contributed by atoms with Crippen molar-refractivity contribution in [2.45, 2.75) is 6.92 Å². The van der Waals surface area contributed by atoms with Crippen molar-refractivity contribution in [1.29, 1.82) is 0 Å². The van der Waals surface area contributed by atoms with Crippen LogP contribution in [0.15, 0.2) is 22.9 Å². The maximum atomic E-state index is 11.0. The largest absolute Gasteiger partial charge is 0.466 e. The zero-order valence-electron chi connectivity index (χ0n) is 12.0. The molecule has 2 aromatic rings. The van der Waals surface area contributed by atoms with E-state index in [9.17, 15) is 9.59 Å². The van der Waals surface area contributed by atoms with E-state index in [0.29, 0.717) is 5.13 Å². The smallest absolute Gasteiger partial charge is 0.330 e. The Hall–Kier alpha value is -2.25. The molecule has 2 aromatic heterocycles. The minimum Gasteiger partial charge on any atom is -0.466 e. The second-order valence-electron chi connectivity index (χ2n) is 4.23. The van der Waals surface area contributed by atoms with Crippen molar-refractivity contribution in [2.24, 2.45) is 0 Å². The standard InChI is InChI=1S/C15H14N2O3S2/c1-10(18)16-15-17-12(9-22-15)4-3-11-7-13(21-8-11)5-6-14(19)20-2/h3-9H,1-2H3,(H,16,17,18). The molecular formula is C15H14N2O3S2. The van der Waals surface area contributed by atoms with E-state index >= 15 is 0 Å². The summed E-state index contributed by atoms with van der Waals surface area (Å²) in [7, 11) is 1.35. The Morgan fingerprint density at radius 3 is 2.77 bits per heavy atom. The van der Waals surface area contributed by atoms with Crippen LogP contribution in [0.3, 0.4) is 0 Å². The highest BCUT2D eigenvalue weighted by atomic mass is 32.1. The summed E-state index contributed by atoms with van der Waals surface area (Å²) in [5.74, 6) is -0.511. The molecule has 0 fully saturated rings. The quantitative estimate of drug-likeness (QED) is 0.671. The van der Waals surface area contributed by atoms with Gasteiger partial charge in [-0.3, -0.25) is 4.79 Å². The summed E-state index contributed by atoms with van der Waals surface area (Å²) >= 11 is 2.91. The molecule has 2 heterocycles. The van der Waals surface area contributed by atoms with Gasteiger partial charge in [0.05, 0.1) is 12.8 Å². The van der Waals surface area contributed by atoms with Crippen LogP contribution in [0.2, 0.25) is 0 Å². The number of nitrogens with one attached hydrogen (secondary N) is 1. The van der Waals surface area contributed by atoms with Gasteiger partial charge in [0.1, 0.15) is 0 Å². The van der Waals surface area contributed by atoms with Crippen molar-refractivity contribution in [1.82, 2.24) is 4.98 Å². The van der Waals surface area contributed by atoms with Gasteiger partial charge in [0, 0.05) is 23.3 Å². The molecule has 0 aliphatic heterocycles. The molecule has 0 aliphatic carbocycles. The summed E-state index contributed by atoms with van der Waals surface area (Å²) in [6.45, 7) is 1.45. The van der Waals surface area contributed by atoms with Gasteiger partial charge in [0.2, 0.25) is 5.91 Å². The van der Waals surface area contributed by atoms with E-state index in [4.69, 9.17) is 0 Å². The highest BCUT2D eigenvalue weighted by Crippen LogP contribution is 2.20. The number of esters is 1. The molecule has 1 amide bonds. The molecular weight excluding hydrogens is 320 g/mol. The van der Waals surface area contributed by atoms with Gasteiger partial charge in [0.15, 0.2) is 5.13 Å². The first-order chi connectivity index (χ1) is 10.6.